The van der Waals surface area contributed by atoms with Crippen molar-refractivity contribution in [1.82, 2.24) is 4.98 Å². The molecule has 2 aromatic rings. The first-order valence-electron chi connectivity index (χ1n) is 4.31. The van der Waals surface area contributed by atoms with Crippen LogP contribution < -0.4 is 4.74 Å². The van der Waals surface area contributed by atoms with Gasteiger partial charge in [-0.2, -0.15) is 0 Å². The molecule has 0 bridgehead atoms. The van der Waals surface area contributed by atoms with Crippen LogP contribution in [0.4, 0.5) is 0 Å². The van der Waals surface area contributed by atoms with E-state index < -0.39 is 0 Å². The van der Waals surface area contributed by atoms with E-state index in [1.165, 1.54) is 0 Å². The zero-order valence-corrected chi connectivity index (χ0v) is 8.80. The van der Waals surface area contributed by atoms with Gasteiger partial charge < -0.3 is 4.74 Å². The van der Waals surface area contributed by atoms with Crippen molar-refractivity contribution in [1.29, 1.82) is 0 Å². The van der Waals surface area contributed by atoms with Crippen LogP contribution in [-0.4, -0.2) is 12.1 Å². The lowest BCUT2D eigenvalue weighted by molar-refractivity contribution is 0.415. The van der Waals surface area contributed by atoms with E-state index in [4.69, 9.17) is 16.3 Å². The van der Waals surface area contributed by atoms with E-state index in [1.54, 1.807) is 19.4 Å². The molecule has 1 aromatic heterocycles. The van der Waals surface area contributed by atoms with Crippen LogP contribution in [0.2, 0.25) is 5.02 Å². The van der Waals surface area contributed by atoms with Gasteiger partial charge in [-0.3, -0.25) is 4.98 Å². The number of ether oxygens (including phenoxy) is 1. The Kier molecular flexibility index (Phi) is 2.30. The van der Waals surface area contributed by atoms with Gasteiger partial charge in [0.05, 0.1) is 17.6 Å². The second-order valence-corrected chi connectivity index (χ2v) is 3.54. The zero-order chi connectivity index (χ0) is 10.1. The molecule has 1 aromatic carbocycles. The second kappa shape index (κ2) is 3.46. The van der Waals surface area contributed by atoms with Gasteiger partial charge >= 0.3 is 0 Å². The number of hydrogen-bond acceptors (Lipinski definition) is 2. The first-order valence-corrected chi connectivity index (χ1v) is 4.69. The summed E-state index contributed by atoms with van der Waals surface area (Å²) >= 11 is 6.06. The van der Waals surface area contributed by atoms with E-state index in [0.717, 1.165) is 22.2 Å². The monoisotopic (exact) mass is 207 g/mol. The summed E-state index contributed by atoms with van der Waals surface area (Å²) in [6.07, 6.45) is 1.71. The molecule has 0 atom stereocenters. The van der Waals surface area contributed by atoms with Crippen LogP contribution in [0.15, 0.2) is 24.4 Å². The molecule has 3 heteroatoms. The Morgan fingerprint density at radius 2 is 2.14 bits per heavy atom. The van der Waals surface area contributed by atoms with Gasteiger partial charge in [-0.05, 0) is 30.7 Å². The lowest BCUT2D eigenvalue weighted by Gasteiger charge is -2.06. The summed E-state index contributed by atoms with van der Waals surface area (Å²) in [6.45, 7) is 1.99. The number of hydrogen-bond donors (Lipinski definition) is 0. The van der Waals surface area contributed by atoms with Crippen LogP contribution in [0.1, 0.15) is 5.56 Å². The van der Waals surface area contributed by atoms with E-state index in [9.17, 15) is 0 Å². The maximum atomic E-state index is 6.06. The minimum absolute atomic E-state index is 0.706. The summed E-state index contributed by atoms with van der Waals surface area (Å²) in [6, 6.07) is 5.63. The molecule has 2 rings (SSSR count). The first kappa shape index (κ1) is 9.28. The molecular formula is C11H10ClNO. The molecular weight excluding hydrogens is 198 g/mol. The third-order valence-corrected chi connectivity index (χ3v) is 2.52. The molecule has 0 aliphatic rings. The van der Waals surface area contributed by atoms with Gasteiger partial charge in [0, 0.05) is 11.6 Å². The Morgan fingerprint density at radius 3 is 2.86 bits per heavy atom. The molecule has 0 unspecified atom stereocenters. The van der Waals surface area contributed by atoms with Gasteiger partial charge in [0.2, 0.25) is 0 Å². The van der Waals surface area contributed by atoms with Crippen molar-refractivity contribution in [2.24, 2.45) is 0 Å². The van der Waals surface area contributed by atoms with Crippen molar-refractivity contribution in [2.75, 3.05) is 7.11 Å². The largest absolute Gasteiger partial charge is 0.497 e. The first-order chi connectivity index (χ1) is 6.72. The highest BCUT2D eigenvalue weighted by atomic mass is 35.5. The summed E-state index contributed by atoms with van der Waals surface area (Å²) < 4.78 is 5.17. The molecule has 1 heterocycles. The molecule has 0 radical (unpaired) electrons. The molecule has 0 saturated heterocycles. The van der Waals surface area contributed by atoms with Crippen molar-refractivity contribution in [3.63, 3.8) is 0 Å². The highest BCUT2D eigenvalue weighted by Crippen LogP contribution is 2.28. The lowest BCUT2D eigenvalue weighted by atomic mass is 10.1. The summed E-state index contributed by atoms with van der Waals surface area (Å²) in [7, 11) is 1.64. The summed E-state index contributed by atoms with van der Waals surface area (Å²) in [5.41, 5.74) is 2.00. The summed E-state index contributed by atoms with van der Waals surface area (Å²) in [5.74, 6) is 0.810. The highest BCUT2D eigenvalue weighted by Gasteiger charge is 2.04. The molecule has 14 heavy (non-hydrogen) atoms. The molecule has 0 aliphatic heterocycles. The third-order valence-electron chi connectivity index (χ3n) is 2.19. The van der Waals surface area contributed by atoms with E-state index in [2.05, 4.69) is 4.98 Å². The SMILES string of the molecule is COc1cc(C)c2nccc(Cl)c2c1. The van der Waals surface area contributed by atoms with Crippen LogP contribution in [0.3, 0.4) is 0 Å². The smallest absolute Gasteiger partial charge is 0.119 e. The Hall–Kier alpha value is -1.28. The minimum atomic E-state index is 0.706. The number of fused-ring (bicyclic) bond motifs is 1. The van der Waals surface area contributed by atoms with Crippen LogP contribution in [0.5, 0.6) is 5.75 Å². The molecule has 0 fully saturated rings. The molecule has 0 spiro atoms. The zero-order valence-electron chi connectivity index (χ0n) is 8.04. The summed E-state index contributed by atoms with van der Waals surface area (Å²) in [4.78, 5) is 4.28. The number of methoxy groups -OCH3 is 1. The van der Waals surface area contributed by atoms with Gasteiger partial charge in [0.25, 0.3) is 0 Å². The molecule has 0 aliphatic carbocycles. The van der Waals surface area contributed by atoms with Crippen LogP contribution in [0.25, 0.3) is 10.9 Å². The fraction of sp³-hybridized carbons (Fsp3) is 0.182. The minimum Gasteiger partial charge on any atom is -0.497 e. The lowest BCUT2D eigenvalue weighted by Crippen LogP contribution is -1.88. The quantitative estimate of drug-likeness (QED) is 0.717. The van der Waals surface area contributed by atoms with Crippen molar-refractivity contribution >= 4 is 22.5 Å². The molecule has 72 valence electrons. The van der Waals surface area contributed by atoms with Gasteiger partial charge in [-0.15, -0.1) is 0 Å². The molecule has 0 amide bonds. The Bertz CT molecular complexity index is 482. The Balaban J connectivity index is 2.83. The van der Waals surface area contributed by atoms with E-state index in [0.29, 0.717) is 5.02 Å². The van der Waals surface area contributed by atoms with Crippen LogP contribution >= 0.6 is 11.6 Å². The number of aromatic nitrogens is 1. The number of pyridine rings is 1. The predicted octanol–water partition coefficient (Wildman–Crippen LogP) is 3.21. The topological polar surface area (TPSA) is 22.1 Å². The van der Waals surface area contributed by atoms with E-state index in [1.807, 2.05) is 19.1 Å². The number of nitrogens with zero attached hydrogens (tertiary/aromatic N) is 1. The standard InChI is InChI=1S/C11H10ClNO/c1-7-5-8(14-2)6-9-10(12)3-4-13-11(7)9/h3-6H,1-2H3. The van der Waals surface area contributed by atoms with Crippen LogP contribution in [-0.2, 0) is 0 Å². The van der Waals surface area contributed by atoms with Gasteiger partial charge in [-0.1, -0.05) is 11.6 Å². The number of benzene rings is 1. The Labute approximate surface area is 87.5 Å². The summed E-state index contributed by atoms with van der Waals surface area (Å²) in [5, 5.41) is 1.64. The normalized spacial score (nSPS) is 10.5. The van der Waals surface area contributed by atoms with Gasteiger partial charge in [0.15, 0.2) is 0 Å². The van der Waals surface area contributed by atoms with Crippen molar-refractivity contribution in [2.45, 2.75) is 6.92 Å². The number of rotatable bonds is 1. The third kappa shape index (κ3) is 1.42. The maximum absolute atomic E-state index is 6.06. The van der Waals surface area contributed by atoms with Gasteiger partial charge in [-0.25, -0.2) is 0 Å². The molecule has 2 nitrogen and oxygen atoms in total. The van der Waals surface area contributed by atoms with Crippen molar-refractivity contribution < 1.29 is 4.74 Å². The average Bonchev–Trinajstić information content (AvgIpc) is 2.19. The fourth-order valence-electron chi connectivity index (χ4n) is 1.48. The van der Waals surface area contributed by atoms with Crippen molar-refractivity contribution in [3.8, 4) is 5.75 Å². The van der Waals surface area contributed by atoms with Gasteiger partial charge in [0.1, 0.15) is 5.75 Å². The Morgan fingerprint density at radius 1 is 1.36 bits per heavy atom. The fourth-order valence-corrected chi connectivity index (χ4v) is 1.69. The van der Waals surface area contributed by atoms with E-state index >= 15 is 0 Å². The molecule has 0 saturated carbocycles. The average molecular weight is 208 g/mol. The highest BCUT2D eigenvalue weighted by molar-refractivity contribution is 6.35. The number of aryl methyl sites for hydroxylation is 1. The van der Waals surface area contributed by atoms with Crippen LogP contribution in [0, 0.1) is 6.92 Å². The predicted molar refractivity (Wildman–Crippen MR) is 58.0 cm³/mol. The number of halogens is 1. The van der Waals surface area contributed by atoms with Crippen molar-refractivity contribution in [3.05, 3.63) is 35.0 Å². The molecule has 0 N–H and O–H groups in total. The second-order valence-electron chi connectivity index (χ2n) is 3.13. The maximum Gasteiger partial charge on any atom is 0.119 e. The van der Waals surface area contributed by atoms with E-state index in [-0.39, 0.29) is 0 Å².